The van der Waals surface area contributed by atoms with Gasteiger partial charge in [0.25, 0.3) is 5.91 Å². The van der Waals surface area contributed by atoms with Gasteiger partial charge >= 0.3 is 11.7 Å². The maximum absolute atomic E-state index is 12.8. The minimum atomic E-state index is -0.731. The van der Waals surface area contributed by atoms with Gasteiger partial charge in [-0.25, -0.2) is 19.9 Å². The number of carbonyl (C=O) groups is 2. The smallest absolute Gasteiger partial charge is 0.410 e. The van der Waals surface area contributed by atoms with E-state index in [1.54, 1.807) is 16.2 Å². The lowest BCUT2D eigenvalue weighted by Gasteiger charge is -2.35. The fraction of sp³-hybridized carbons (Fsp3) is 0.519. The Morgan fingerprint density at radius 1 is 1.18 bits per heavy atom. The van der Waals surface area contributed by atoms with Crippen LogP contribution in [0.1, 0.15) is 55.3 Å². The van der Waals surface area contributed by atoms with E-state index in [9.17, 15) is 14.4 Å². The monoisotopic (exact) mass is 621 g/mol. The molecule has 1 unspecified atom stereocenters. The molecule has 12 heteroatoms. The first-order valence-corrected chi connectivity index (χ1v) is 14.7. The highest BCUT2D eigenvalue weighted by Crippen LogP contribution is 2.40. The second-order valence-electron chi connectivity index (χ2n) is 10.7. The topological polar surface area (TPSA) is 111 Å². The summed E-state index contributed by atoms with van der Waals surface area (Å²) in [5.74, 6) is -0.668. The van der Waals surface area contributed by atoms with Crippen LogP contribution in [0.2, 0.25) is 0 Å². The Hall–Kier alpha value is -2.51. The number of carbonyl (C=O) groups excluding carboxylic acids is 2. The van der Waals surface area contributed by atoms with E-state index >= 15 is 0 Å². The molecule has 0 aliphatic carbocycles. The van der Waals surface area contributed by atoms with E-state index in [0.29, 0.717) is 43.6 Å². The number of hydrogen-bond donors (Lipinski definition) is 1. The highest BCUT2D eigenvalue weighted by atomic mass is 79.9. The van der Waals surface area contributed by atoms with Crippen LogP contribution in [0.4, 0.5) is 4.79 Å². The molecule has 0 radical (unpaired) electrons. The Labute approximate surface area is 238 Å². The SMILES string of the molecule is CC(C)(C)OC(=O)N1CCN(Cc2sc3c(ccc4cc(C(=O)NOC5CCCCO5)c(=O)oc43)c2Br)CC1. The summed E-state index contributed by atoms with van der Waals surface area (Å²) in [4.78, 5) is 48.2. The van der Waals surface area contributed by atoms with E-state index in [-0.39, 0.29) is 11.7 Å². The maximum Gasteiger partial charge on any atom is 0.410 e. The highest BCUT2D eigenvalue weighted by Gasteiger charge is 2.27. The zero-order valence-corrected chi connectivity index (χ0v) is 24.6. The van der Waals surface area contributed by atoms with Crippen molar-refractivity contribution in [3.8, 4) is 0 Å². The van der Waals surface area contributed by atoms with Crippen LogP contribution in [0, 0.1) is 0 Å². The lowest BCUT2D eigenvalue weighted by atomic mass is 10.1. The van der Waals surface area contributed by atoms with Crippen molar-refractivity contribution in [3.63, 3.8) is 0 Å². The zero-order chi connectivity index (χ0) is 27.7. The van der Waals surface area contributed by atoms with Gasteiger partial charge in [0.2, 0.25) is 0 Å². The Bertz CT molecular complexity index is 1430. The molecular weight excluding hydrogens is 590 g/mol. The number of benzene rings is 1. The summed E-state index contributed by atoms with van der Waals surface area (Å²) < 4.78 is 18.4. The number of halogens is 1. The molecule has 1 atom stereocenters. The number of thiophene rings is 1. The maximum atomic E-state index is 12.8. The third kappa shape index (κ3) is 6.46. The first kappa shape index (κ1) is 28.0. The van der Waals surface area contributed by atoms with Crippen LogP contribution in [0.3, 0.4) is 0 Å². The first-order valence-electron chi connectivity index (χ1n) is 13.0. The second kappa shape index (κ2) is 11.5. The number of nitrogens with zero attached hydrogens (tertiary/aromatic N) is 2. The number of ether oxygens (including phenoxy) is 2. The van der Waals surface area contributed by atoms with Gasteiger partial charge in [-0.05, 0) is 55.6 Å². The molecule has 10 nitrogen and oxygen atoms in total. The number of piperazine rings is 1. The number of amides is 2. The van der Waals surface area contributed by atoms with E-state index in [1.807, 2.05) is 32.9 Å². The van der Waals surface area contributed by atoms with Gasteiger partial charge in [0.05, 0.1) is 4.70 Å². The summed E-state index contributed by atoms with van der Waals surface area (Å²) >= 11 is 5.28. The number of rotatable bonds is 5. The standard InChI is InChI=1S/C27H32BrN3O7S/c1-27(2,3)37-26(34)31-11-9-30(10-12-31)15-19-21(28)17-8-7-16-14-18(25(33)36-22(16)23(17)39-19)24(32)29-38-20-6-4-5-13-35-20/h7-8,14,20H,4-6,9-13,15H2,1-3H3,(H,29,32). The Morgan fingerprint density at radius 3 is 2.64 bits per heavy atom. The minimum Gasteiger partial charge on any atom is -0.444 e. The Morgan fingerprint density at radius 2 is 1.95 bits per heavy atom. The van der Waals surface area contributed by atoms with Crippen LogP contribution in [0.5, 0.6) is 0 Å². The number of hydroxylamine groups is 1. The molecule has 2 aromatic heterocycles. The molecule has 0 spiro atoms. The van der Waals surface area contributed by atoms with Crippen molar-refractivity contribution in [2.75, 3.05) is 32.8 Å². The molecule has 2 aliphatic rings. The predicted octanol–water partition coefficient (Wildman–Crippen LogP) is 5.01. The Balaban J connectivity index is 1.29. The van der Waals surface area contributed by atoms with Gasteiger partial charge in [-0.1, -0.05) is 12.1 Å². The molecule has 1 aromatic carbocycles. The van der Waals surface area contributed by atoms with E-state index in [2.05, 4.69) is 26.3 Å². The van der Waals surface area contributed by atoms with Gasteiger partial charge in [0.1, 0.15) is 11.2 Å². The summed E-state index contributed by atoms with van der Waals surface area (Å²) in [5.41, 5.74) is 1.39. The molecule has 0 bridgehead atoms. The molecule has 2 saturated heterocycles. The van der Waals surface area contributed by atoms with E-state index < -0.39 is 23.4 Å². The number of nitrogens with one attached hydrogen (secondary N) is 1. The van der Waals surface area contributed by atoms with E-state index in [0.717, 1.165) is 45.4 Å². The summed E-state index contributed by atoms with van der Waals surface area (Å²) in [6.07, 6.45) is 1.79. The molecule has 4 heterocycles. The van der Waals surface area contributed by atoms with Crippen molar-refractivity contribution in [1.82, 2.24) is 15.3 Å². The van der Waals surface area contributed by atoms with Gasteiger partial charge in [0, 0.05) is 65.9 Å². The summed E-state index contributed by atoms with van der Waals surface area (Å²) in [7, 11) is 0. The predicted molar refractivity (Wildman–Crippen MR) is 151 cm³/mol. The lowest BCUT2D eigenvalue weighted by Crippen LogP contribution is -2.49. The Kier molecular flexibility index (Phi) is 8.29. The normalized spacial score (nSPS) is 19.0. The summed E-state index contributed by atoms with van der Waals surface area (Å²) in [6.45, 7) is 9.50. The van der Waals surface area contributed by atoms with Crippen molar-refractivity contribution in [3.05, 3.63) is 43.5 Å². The molecule has 2 aliphatic heterocycles. The summed E-state index contributed by atoms with van der Waals surface area (Å²) in [6, 6.07) is 5.32. The molecule has 5 rings (SSSR count). The van der Waals surface area contributed by atoms with Crippen LogP contribution in [-0.4, -0.2) is 66.5 Å². The molecule has 0 saturated carbocycles. The molecule has 1 N–H and O–H groups in total. The van der Waals surface area contributed by atoms with Crippen LogP contribution >= 0.6 is 27.3 Å². The van der Waals surface area contributed by atoms with Gasteiger partial charge in [0.15, 0.2) is 11.9 Å². The second-order valence-corrected chi connectivity index (χ2v) is 12.6. The summed E-state index contributed by atoms with van der Waals surface area (Å²) in [5, 5.41) is 1.58. The fourth-order valence-corrected chi connectivity index (χ4v) is 6.66. The molecule has 2 amide bonds. The largest absolute Gasteiger partial charge is 0.444 e. The number of fused-ring (bicyclic) bond motifs is 3. The highest BCUT2D eigenvalue weighted by molar-refractivity contribution is 9.10. The fourth-order valence-electron chi connectivity index (χ4n) is 4.61. The van der Waals surface area contributed by atoms with Crippen molar-refractivity contribution in [2.24, 2.45) is 0 Å². The van der Waals surface area contributed by atoms with Crippen molar-refractivity contribution < 1.29 is 28.3 Å². The van der Waals surface area contributed by atoms with Gasteiger partial charge in [-0.15, -0.1) is 11.3 Å². The van der Waals surface area contributed by atoms with Crippen molar-refractivity contribution in [1.29, 1.82) is 0 Å². The van der Waals surface area contributed by atoms with E-state index in [4.69, 9.17) is 18.7 Å². The third-order valence-corrected chi connectivity index (χ3v) is 8.98. The van der Waals surface area contributed by atoms with Crippen LogP contribution < -0.4 is 11.1 Å². The molecule has 2 fully saturated rings. The van der Waals surface area contributed by atoms with Crippen molar-refractivity contribution in [2.45, 2.75) is 58.5 Å². The third-order valence-electron chi connectivity index (χ3n) is 6.62. The van der Waals surface area contributed by atoms with Crippen LogP contribution in [0.25, 0.3) is 21.1 Å². The zero-order valence-electron chi connectivity index (χ0n) is 22.2. The minimum absolute atomic E-state index is 0.128. The molecule has 210 valence electrons. The average Bonchev–Trinajstić information content (AvgIpc) is 3.22. The van der Waals surface area contributed by atoms with Gasteiger partial charge in [-0.3, -0.25) is 9.69 Å². The van der Waals surface area contributed by atoms with Crippen LogP contribution in [-0.2, 0) is 20.9 Å². The lowest BCUT2D eigenvalue weighted by molar-refractivity contribution is -0.186. The number of hydrogen-bond acceptors (Lipinski definition) is 9. The van der Waals surface area contributed by atoms with Crippen LogP contribution in [0.15, 0.2) is 31.9 Å². The molecular formula is C27H32BrN3O7S. The van der Waals surface area contributed by atoms with Gasteiger partial charge in [-0.2, -0.15) is 0 Å². The van der Waals surface area contributed by atoms with Crippen molar-refractivity contribution >= 4 is 60.3 Å². The molecule has 3 aromatic rings. The van der Waals surface area contributed by atoms with E-state index in [1.165, 1.54) is 6.07 Å². The quantitative estimate of drug-likeness (QED) is 0.313. The van der Waals surface area contributed by atoms with Gasteiger partial charge < -0.3 is 18.8 Å². The molecule has 39 heavy (non-hydrogen) atoms. The first-order chi connectivity index (χ1) is 18.6. The average molecular weight is 623 g/mol.